The van der Waals surface area contributed by atoms with Crippen LogP contribution in [0.25, 0.3) is 0 Å². The van der Waals surface area contributed by atoms with E-state index in [0.29, 0.717) is 5.92 Å². The van der Waals surface area contributed by atoms with Crippen LogP contribution in [0.1, 0.15) is 27.2 Å². The SMILES string of the molecule is C=C1OCC(C)[C@@]1(C)CC. The molecule has 0 spiro atoms. The number of hydrogen-bond acceptors (Lipinski definition) is 1. The molecule has 0 N–H and O–H groups in total. The van der Waals surface area contributed by atoms with Crippen molar-refractivity contribution in [3.63, 3.8) is 0 Å². The van der Waals surface area contributed by atoms with Crippen molar-refractivity contribution in [3.05, 3.63) is 12.3 Å². The molecule has 1 aliphatic heterocycles. The lowest BCUT2D eigenvalue weighted by Crippen LogP contribution is -2.20. The van der Waals surface area contributed by atoms with E-state index in [-0.39, 0.29) is 5.41 Å². The maximum Gasteiger partial charge on any atom is 0.0950 e. The van der Waals surface area contributed by atoms with E-state index in [1.54, 1.807) is 0 Å². The minimum atomic E-state index is 0.236. The second kappa shape index (κ2) is 2.30. The highest BCUT2D eigenvalue weighted by Crippen LogP contribution is 2.43. The number of allylic oxidation sites excluding steroid dienone is 1. The third-order valence-corrected chi connectivity index (χ3v) is 2.97. The maximum absolute atomic E-state index is 5.38. The van der Waals surface area contributed by atoms with Crippen LogP contribution in [-0.4, -0.2) is 6.61 Å². The molecule has 0 bridgehead atoms. The minimum absolute atomic E-state index is 0.236. The zero-order valence-electron chi connectivity index (χ0n) is 7.11. The quantitative estimate of drug-likeness (QED) is 0.544. The number of rotatable bonds is 1. The van der Waals surface area contributed by atoms with Crippen LogP contribution in [0.2, 0.25) is 0 Å². The molecule has 0 aliphatic carbocycles. The van der Waals surface area contributed by atoms with Gasteiger partial charge in [0, 0.05) is 11.3 Å². The van der Waals surface area contributed by atoms with Crippen molar-refractivity contribution >= 4 is 0 Å². The molecule has 1 heterocycles. The highest BCUT2D eigenvalue weighted by Gasteiger charge is 2.39. The highest BCUT2D eigenvalue weighted by molar-refractivity contribution is 5.07. The Balaban J connectivity index is 2.80. The van der Waals surface area contributed by atoms with E-state index in [2.05, 4.69) is 27.4 Å². The summed E-state index contributed by atoms with van der Waals surface area (Å²) < 4.78 is 5.38. The monoisotopic (exact) mass is 140 g/mol. The molecule has 1 fully saturated rings. The summed E-state index contributed by atoms with van der Waals surface area (Å²) in [6.07, 6.45) is 1.13. The van der Waals surface area contributed by atoms with Crippen LogP contribution in [0.3, 0.4) is 0 Å². The summed E-state index contributed by atoms with van der Waals surface area (Å²) in [6, 6.07) is 0. The Morgan fingerprint density at radius 2 is 2.40 bits per heavy atom. The second-order valence-corrected chi connectivity index (χ2v) is 3.41. The third kappa shape index (κ3) is 0.845. The molecule has 0 amide bonds. The summed E-state index contributed by atoms with van der Waals surface area (Å²) in [5.74, 6) is 1.60. The summed E-state index contributed by atoms with van der Waals surface area (Å²) in [4.78, 5) is 0. The zero-order valence-corrected chi connectivity index (χ0v) is 7.11. The van der Waals surface area contributed by atoms with Crippen molar-refractivity contribution < 1.29 is 4.74 Å². The van der Waals surface area contributed by atoms with Gasteiger partial charge < -0.3 is 4.74 Å². The Morgan fingerprint density at radius 3 is 2.60 bits per heavy atom. The molecule has 0 radical (unpaired) electrons. The summed E-state index contributed by atoms with van der Waals surface area (Å²) in [5, 5.41) is 0. The van der Waals surface area contributed by atoms with Gasteiger partial charge in [-0.2, -0.15) is 0 Å². The summed E-state index contributed by atoms with van der Waals surface area (Å²) in [5.41, 5.74) is 0.236. The van der Waals surface area contributed by atoms with Crippen molar-refractivity contribution in [3.8, 4) is 0 Å². The molecule has 0 saturated carbocycles. The molecule has 10 heavy (non-hydrogen) atoms. The van der Waals surface area contributed by atoms with Crippen LogP contribution in [-0.2, 0) is 4.74 Å². The van der Waals surface area contributed by atoms with Gasteiger partial charge in [-0.25, -0.2) is 0 Å². The van der Waals surface area contributed by atoms with E-state index in [0.717, 1.165) is 18.8 Å². The van der Waals surface area contributed by atoms with Gasteiger partial charge in [0.05, 0.1) is 12.4 Å². The Morgan fingerprint density at radius 1 is 1.80 bits per heavy atom. The van der Waals surface area contributed by atoms with Gasteiger partial charge in [-0.15, -0.1) is 0 Å². The molecule has 1 nitrogen and oxygen atoms in total. The molecule has 0 aromatic carbocycles. The first-order valence-electron chi connectivity index (χ1n) is 3.93. The van der Waals surface area contributed by atoms with Gasteiger partial charge in [-0.3, -0.25) is 0 Å². The molecule has 1 heteroatoms. The van der Waals surface area contributed by atoms with Crippen LogP contribution < -0.4 is 0 Å². The van der Waals surface area contributed by atoms with E-state index < -0.39 is 0 Å². The Hall–Kier alpha value is -0.460. The molecule has 1 unspecified atom stereocenters. The molecule has 1 saturated heterocycles. The van der Waals surface area contributed by atoms with E-state index in [1.165, 1.54) is 0 Å². The number of hydrogen-bond donors (Lipinski definition) is 0. The maximum atomic E-state index is 5.38. The van der Waals surface area contributed by atoms with Crippen LogP contribution in [0.4, 0.5) is 0 Å². The van der Waals surface area contributed by atoms with Crippen LogP contribution in [0.5, 0.6) is 0 Å². The normalized spacial score (nSPS) is 39.9. The predicted octanol–water partition coefficient (Wildman–Crippen LogP) is 2.58. The second-order valence-electron chi connectivity index (χ2n) is 3.41. The van der Waals surface area contributed by atoms with Crippen LogP contribution in [0.15, 0.2) is 12.3 Å². The van der Waals surface area contributed by atoms with Crippen molar-refractivity contribution in [2.75, 3.05) is 6.61 Å². The van der Waals surface area contributed by atoms with Gasteiger partial charge in [-0.05, 0) is 6.42 Å². The summed E-state index contributed by atoms with van der Waals surface area (Å²) in [6.45, 7) is 11.4. The lowest BCUT2D eigenvalue weighted by Gasteiger charge is -2.24. The average molecular weight is 140 g/mol. The van der Waals surface area contributed by atoms with E-state index >= 15 is 0 Å². The molecule has 1 rings (SSSR count). The first-order chi connectivity index (χ1) is 4.61. The summed E-state index contributed by atoms with van der Waals surface area (Å²) in [7, 11) is 0. The standard InChI is InChI=1S/C9H16O/c1-5-9(4)7(2)6-10-8(9)3/h7H,3,5-6H2,1-2,4H3/t7?,9-/m1/s1. The summed E-state index contributed by atoms with van der Waals surface area (Å²) >= 11 is 0. The van der Waals surface area contributed by atoms with Gasteiger partial charge in [0.1, 0.15) is 0 Å². The topological polar surface area (TPSA) is 9.23 Å². The predicted molar refractivity (Wildman–Crippen MR) is 42.7 cm³/mol. The fourth-order valence-electron chi connectivity index (χ4n) is 1.39. The highest BCUT2D eigenvalue weighted by atomic mass is 16.5. The van der Waals surface area contributed by atoms with E-state index in [1.807, 2.05) is 0 Å². The molecular formula is C9H16O. The van der Waals surface area contributed by atoms with Crippen molar-refractivity contribution in [2.24, 2.45) is 11.3 Å². The van der Waals surface area contributed by atoms with Gasteiger partial charge in [0.15, 0.2) is 0 Å². The average Bonchev–Trinajstić information content (AvgIpc) is 2.18. The van der Waals surface area contributed by atoms with Crippen LogP contribution in [0, 0.1) is 11.3 Å². The van der Waals surface area contributed by atoms with Gasteiger partial charge in [-0.1, -0.05) is 27.4 Å². The molecule has 2 atom stereocenters. The van der Waals surface area contributed by atoms with Crippen molar-refractivity contribution in [2.45, 2.75) is 27.2 Å². The zero-order chi connectivity index (χ0) is 7.78. The lowest BCUT2D eigenvalue weighted by atomic mass is 9.77. The Kier molecular flexibility index (Phi) is 1.76. The fraction of sp³-hybridized carbons (Fsp3) is 0.778. The number of ether oxygens (including phenoxy) is 1. The van der Waals surface area contributed by atoms with Gasteiger partial charge >= 0.3 is 0 Å². The minimum Gasteiger partial charge on any atom is -0.498 e. The van der Waals surface area contributed by atoms with Crippen molar-refractivity contribution in [1.82, 2.24) is 0 Å². The fourth-order valence-corrected chi connectivity index (χ4v) is 1.39. The van der Waals surface area contributed by atoms with E-state index in [4.69, 9.17) is 4.74 Å². The lowest BCUT2D eigenvalue weighted by molar-refractivity contribution is 0.244. The molecule has 58 valence electrons. The van der Waals surface area contributed by atoms with Gasteiger partial charge in [0.25, 0.3) is 0 Å². The van der Waals surface area contributed by atoms with Gasteiger partial charge in [0.2, 0.25) is 0 Å². The molecule has 0 aromatic rings. The Bertz CT molecular complexity index is 151. The smallest absolute Gasteiger partial charge is 0.0950 e. The van der Waals surface area contributed by atoms with Crippen LogP contribution >= 0.6 is 0 Å². The molecule has 1 aliphatic rings. The molecular weight excluding hydrogens is 124 g/mol. The van der Waals surface area contributed by atoms with Crippen molar-refractivity contribution in [1.29, 1.82) is 0 Å². The first kappa shape index (κ1) is 7.64. The first-order valence-corrected chi connectivity index (χ1v) is 3.93. The van der Waals surface area contributed by atoms with E-state index in [9.17, 15) is 0 Å². The largest absolute Gasteiger partial charge is 0.498 e. The Labute approximate surface area is 63.1 Å². The molecule has 0 aromatic heterocycles. The third-order valence-electron chi connectivity index (χ3n) is 2.97.